The maximum Gasteiger partial charge on any atom is 0.158 e. The molecule has 1 fully saturated rings. The molecule has 0 N–H and O–H groups in total. The zero-order valence-corrected chi connectivity index (χ0v) is 8.33. The van der Waals surface area contributed by atoms with E-state index in [9.17, 15) is 4.79 Å². The molecule has 0 spiro atoms. The Morgan fingerprint density at radius 2 is 2.08 bits per heavy atom. The lowest BCUT2D eigenvalue weighted by Crippen LogP contribution is -2.27. The number of carbonyl (C=O) groups is 1. The van der Waals surface area contributed by atoms with Gasteiger partial charge in [-0.15, -0.1) is 6.58 Å². The number of allylic oxidation sites excluding steroid dienone is 2. The lowest BCUT2D eigenvalue weighted by molar-refractivity contribution is -0.120. The predicted octanol–water partition coefficient (Wildman–Crippen LogP) is 2.98. The van der Waals surface area contributed by atoms with Crippen molar-refractivity contribution < 1.29 is 4.79 Å². The highest BCUT2D eigenvalue weighted by atomic mass is 16.1. The third-order valence-corrected chi connectivity index (χ3v) is 3.11. The second kappa shape index (κ2) is 4.40. The molecule has 72 valence electrons. The third-order valence-electron chi connectivity index (χ3n) is 3.11. The van der Waals surface area contributed by atoms with Crippen LogP contribution in [0, 0.1) is 17.8 Å². The van der Waals surface area contributed by atoms with Crippen LogP contribution in [0.15, 0.2) is 25.3 Å². The van der Waals surface area contributed by atoms with E-state index >= 15 is 0 Å². The molecule has 0 aliphatic heterocycles. The molecule has 1 heteroatoms. The van der Waals surface area contributed by atoms with E-state index in [4.69, 9.17) is 0 Å². The lowest BCUT2D eigenvalue weighted by Gasteiger charge is -2.31. The van der Waals surface area contributed by atoms with Gasteiger partial charge < -0.3 is 0 Å². The summed E-state index contributed by atoms with van der Waals surface area (Å²) in [5.74, 6) is 1.54. The van der Waals surface area contributed by atoms with E-state index < -0.39 is 0 Å². The summed E-state index contributed by atoms with van der Waals surface area (Å²) in [6.07, 6.45) is 6.70. The Labute approximate surface area is 80.5 Å². The van der Waals surface area contributed by atoms with E-state index in [2.05, 4.69) is 20.1 Å². The van der Waals surface area contributed by atoms with Crippen LogP contribution in [0.2, 0.25) is 0 Å². The highest BCUT2D eigenvalue weighted by Crippen LogP contribution is 2.34. The summed E-state index contributed by atoms with van der Waals surface area (Å²) in [6, 6.07) is 0. The normalized spacial score (nSPS) is 33.8. The average molecular weight is 178 g/mol. The minimum Gasteiger partial charge on any atom is -0.295 e. The fraction of sp³-hybridized carbons (Fsp3) is 0.583. The van der Waals surface area contributed by atoms with Gasteiger partial charge in [-0.1, -0.05) is 19.6 Å². The van der Waals surface area contributed by atoms with E-state index in [1.165, 1.54) is 6.08 Å². The summed E-state index contributed by atoms with van der Waals surface area (Å²) in [7, 11) is 0. The van der Waals surface area contributed by atoms with Crippen LogP contribution in [0.4, 0.5) is 0 Å². The molecule has 3 atom stereocenters. The van der Waals surface area contributed by atoms with Crippen molar-refractivity contribution in [2.75, 3.05) is 0 Å². The molecule has 1 rings (SSSR count). The molecule has 13 heavy (non-hydrogen) atoms. The molecule has 0 saturated heterocycles. The van der Waals surface area contributed by atoms with E-state index in [-0.39, 0.29) is 11.7 Å². The van der Waals surface area contributed by atoms with Gasteiger partial charge in [0.05, 0.1) is 0 Å². The van der Waals surface area contributed by atoms with Gasteiger partial charge in [-0.3, -0.25) is 4.79 Å². The van der Waals surface area contributed by atoms with Crippen molar-refractivity contribution in [2.24, 2.45) is 17.8 Å². The van der Waals surface area contributed by atoms with Gasteiger partial charge >= 0.3 is 0 Å². The predicted molar refractivity (Wildman–Crippen MR) is 55.4 cm³/mol. The molecule has 1 aliphatic carbocycles. The smallest absolute Gasteiger partial charge is 0.158 e. The second-order valence-electron chi connectivity index (χ2n) is 4.00. The molecular weight excluding hydrogens is 160 g/mol. The van der Waals surface area contributed by atoms with E-state index in [1.54, 1.807) is 0 Å². The summed E-state index contributed by atoms with van der Waals surface area (Å²) in [5.41, 5.74) is 0. The van der Waals surface area contributed by atoms with Crippen LogP contribution in [0.3, 0.4) is 0 Å². The Balaban J connectivity index is 2.57. The van der Waals surface area contributed by atoms with E-state index in [0.29, 0.717) is 11.8 Å². The van der Waals surface area contributed by atoms with Crippen molar-refractivity contribution in [3.05, 3.63) is 25.3 Å². The molecular formula is C12H18O. The second-order valence-corrected chi connectivity index (χ2v) is 4.00. The van der Waals surface area contributed by atoms with Crippen LogP contribution < -0.4 is 0 Å². The molecule has 2 unspecified atom stereocenters. The molecule has 0 amide bonds. The van der Waals surface area contributed by atoms with Crippen LogP contribution in [0.25, 0.3) is 0 Å². The van der Waals surface area contributed by atoms with Crippen LogP contribution in [0.5, 0.6) is 0 Å². The maximum atomic E-state index is 11.4. The molecule has 0 heterocycles. The minimum atomic E-state index is 0.216. The van der Waals surface area contributed by atoms with Gasteiger partial charge in [-0.25, -0.2) is 0 Å². The Hall–Kier alpha value is -0.850. The number of hydrogen-bond donors (Lipinski definition) is 0. The Morgan fingerprint density at radius 3 is 2.54 bits per heavy atom. The summed E-state index contributed by atoms with van der Waals surface area (Å²) >= 11 is 0. The Morgan fingerprint density at radius 1 is 1.38 bits per heavy atom. The lowest BCUT2D eigenvalue weighted by atomic mass is 9.73. The zero-order chi connectivity index (χ0) is 9.84. The first-order chi connectivity index (χ1) is 6.19. The first-order valence-electron chi connectivity index (χ1n) is 4.97. The first kappa shape index (κ1) is 10.2. The van der Waals surface area contributed by atoms with Gasteiger partial charge in [0, 0.05) is 5.92 Å². The SMILES string of the molecule is C=CC(=O)C1CC[C@@H](C=C)CC1C. The highest BCUT2D eigenvalue weighted by molar-refractivity contribution is 5.91. The van der Waals surface area contributed by atoms with Gasteiger partial charge in [0.15, 0.2) is 5.78 Å². The number of hydrogen-bond acceptors (Lipinski definition) is 1. The van der Waals surface area contributed by atoms with Crippen LogP contribution in [-0.2, 0) is 4.79 Å². The van der Waals surface area contributed by atoms with Crippen molar-refractivity contribution in [3.63, 3.8) is 0 Å². The summed E-state index contributed by atoms with van der Waals surface area (Å²) in [4.78, 5) is 11.4. The molecule has 0 aromatic heterocycles. The molecule has 1 aliphatic rings. The average Bonchev–Trinajstić information content (AvgIpc) is 2.16. The molecule has 0 aromatic rings. The van der Waals surface area contributed by atoms with Gasteiger partial charge in [0.1, 0.15) is 0 Å². The molecule has 0 bridgehead atoms. The van der Waals surface area contributed by atoms with Crippen LogP contribution in [0.1, 0.15) is 26.2 Å². The topological polar surface area (TPSA) is 17.1 Å². The van der Waals surface area contributed by atoms with Crippen molar-refractivity contribution in [3.8, 4) is 0 Å². The largest absolute Gasteiger partial charge is 0.295 e. The van der Waals surface area contributed by atoms with Crippen molar-refractivity contribution in [1.29, 1.82) is 0 Å². The number of carbonyl (C=O) groups excluding carboxylic acids is 1. The number of ketones is 1. The van der Waals surface area contributed by atoms with Crippen LogP contribution in [-0.4, -0.2) is 5.78 Å². The molecule has 0 radical (unpaired) electrons. The van der Waals surface area contributed by atoms with E-state index in [1.807, 2.05) is 6.08 Å². The summed E-state index contributed by atoms with van der Waals surface area (Å²) < 4.78 is 0. The van der Waals surface area contributed by atoms with Gasteiger partial charge in [0.25, 0.3) is 0 Å². The summed E-state index contributed by atoms with van der Waals surface area (Å²) in [5, 5.41) is 0. The fourth-order valence-corrected chi connectivity index (χ4v) is 2.23. The number of rotatable bonds is 3. The molecule has 0 aromatic carbocycles. The molecule has 1 nitrogen and oxygen atoms in total. The quantitative estimate of drug-likeness (QED) is 0.479. The van der Waals surface area contributed by atoms with Gasteiger partial charge in [-0.2, -0.15) is 0 Å². The van der Waals surface area contributed by atoms with Crippen molar-refractivity contribution in [2.45, 2.75) is 26.2 Å². The van der Waals surface area contributed by atoms with Crippen LogP contribution >= 0.6 is 0 Å². The summed E-state index contributed by atoms with van der Waals surface area (Å²) in [6.45, 7) is 9.50. The van der Waals surface area contributed by atoms with Crippen molar-refractivity contribution >= 4 is 5.78 Å². The van der Waals surface area contributed by atoms with E-state index in [0.717, 1.165) is 19.3 Å². The Bertz CT molecular complexity index is 217. The van der Waals surface area contributed by atoms with Gasteiger partial charge in [-0.05, 0) is 37.2 Å². The van der Waals surface area contributed by atoms with Crippen molar-refractivity contribution in [1.82, 2.24) is 0 Å². The third kappa shape index (κ3) is 2.30. The van der Waals surface area contributed by atoms with Gasteiger partial charge in [0.2, 0.25) is 0 Å². The monoisotopic (exact) mass is 178 g/mol. The standard InChI is InChI=1S/C12H18O/c1-4-10-6-7-11(9(3)8-10)12(13)5-2/h4-5,9-11H,1-2,6-8H2,3H3/t9?,10-,11?/m1/s1. The fourth-order valence-electron chi connectivity index (χ4n) is 2.23. The zero-order valence-electron chi connectivity index (χ0n) is 8.33. The highest BCUT2D eigenvalue weighted by Gasteiger charge is 2.29. The maximum absolute atomic E-state index is 11.4. The first-order valence-corrected chi connectivity index (χ1v) is 4.97. The Kier molecular flexibility index (Phi) is 3.47. The minimum absolute atomic E-state index is 0.216. The molecule has 1 saturated carbocycles.